The van der Waals surface area contributed by atoms with Crippen molar-refractivity contribution in [2.75, 3.05) is 11.6 Å². The third-order valence-electron chi connectivity index (χ3n) is 1.87. The van der Waals surface area contributed by atoms with Crippen molar-refractivity contribution in [2.45, 2.75) is 17.7 Å². The molecular weight excluding hydrogens is 223 g/mol. The maximum atomic E-state index is 5.80. The number of halogens is 2. The summed E-state index contributed by atoms with van der Waals surface area (Å²) in [5, 5.41) is 0. The molecular formula is C10H12Cl2S. The van der Waals surface area contributed by atoms with Crippen LogP contribution in [-0.4, -0.2) is 11.6 Å². The average Bonchev–Trinajstić information content (AvgIpc) is 2.16. The van der Waals surface area contributed by atoms with Crippen LogP contribution in [0, 0.1) is 6.92 Å². The topological polar surface area (TPSA) is 0 Å². The normalized spacial score (nSPS) is 10.4. The van der Waals surface area contributed by atoms with Gasteiger partial charge in [0.2, 0.25) is 0 Å². The Morgan fingerprint density at radius 3 is 2.69 bits per heavy atom. The molecule has 3 heteroatoms. The Morgan fingerprint density at radius 2 is 2.08 bits per heavy atom. The fourth-order valence-electron chi connectivity index (χ4n) is 1.11. The van der Waals surface area contributed by atoms with Gasteiger partial charge in [0.15, 0.2) is 0 Å². The van der Waals surface area contributed by atoms with Gasteiger partial charge in [-0.2, -0.15) is 0 Å². The van der Waals surface area contributed by atoms with Crippen molar-refractivity contribution in [1.82, 2.24) is 0 Å². The standard InChI is InChI=1S/C10H12Cl2S/c1-8-9(7-12)3-2-4-10(8)13-6-5-11/h2-4H,5-7H2,1H3. The molecule has 0 aromatic heterocycles. The highest BCUT2D eigenvalue weighted by Crippen LogP contribution is 2.25. The molecule has 13 heavy (non-hydrogen) atoms. The van der Waals surface area contributed by atoms with Gasteiger partial charge in [-0.25, -0.2) is 0 Å². The van der Waals surface area contributed by atoms with E-state index in [4.69, 9.17) is 23.2 Å². The summed E-state index contributed by atoms with van der Waals surface area (Å²) in [6.07, 6.45) is 0. The molecule has 0 N–H and O–H groups in total. The van der Waals surface area contributed by atoms with E-state index in [0.717, 1.165) is 5.75 Å². The lowest BCUT2D eigenvalue weighted by atomic mass is 10.1. The van der Waals surface area contributed by atoms with E-state index in [1.54, 1.807) is 11.8 Å². The molecule has 0 amide bonds. The number of benzene rings is 1. The Hall–Kier alpha value is 0.150. The largest absolute Gasteiger partial charge is 0.126 e. The molecule has 0 atom stereocenters. The van der Waals surface area contributed by atoms with Crippen LogP contribution in [0.3, 0.4) is 0 Å². The molecule has 0 saturated carbocycles. The molecule has 0 radical (unpaired) electrons. The van der Waals surface area contributed by atoms with Crippen molar-refractivity contribution in [3.05, 3.63) is 29.3 Å². The minimum absolute atomic E-state index is 0.584. The molecule has 0 aliphatic rings. The molecule has 0 nitrogen and oxygen atoms in total. The van der Waals surface area contributed by atoms with Gasteiger partial charge in [0.05, 0.1) is 0 Å². The van der Waals surface area contributed by atoms with Crippen molar-refractivity contribution in [2.24, 2.45) is 0 Å². The Morgan fingerprint density at radius 1 is 1.31 bits per heavy atom. The Bertz CT molecular complexity index is 274. The van der Waals surface area contributed by atoms with Gasteiger partial charge >= 0.3 is 0 Å². The van der Waals surface area contributed by atoms with Crippen LogP contribution >= 0.6 is 35.0 Å². The number of thioether (sulfide) groups is 1. The van der Waals surface area contributed by atoms with Crippen molar-refractivity contribution in [3.63, 3.8) is 0 Å². The zero-order valence-electron chi connectivity index (χ0n) is 7.52. The van der Waals surface area contributed by atoms with E-state index in [1.807, 2.05) is 6.07 Å². The maximum absolute atomic E-state index is 5.80. The van der Waals surface area contributed by atoms with Gasteiger partial charge in [0.25, 0.3) is 0 Å². The first kappa shape index (κ1) is 11.2. The van der Waals surface area contributed by atoms with E-state index in [2.05, 4.69) is 19.1 Å². The quantitative estimate of drug-likeness (QED) is 0.560. The summed E-state index contributed by atoms with van der Waals surface area (Å²) in [6, 6.07) is 6.22. The smallest absolute Gasteiger partial charge is 0.0477 e. The van der Waals surface area contributed by atoms with Gasteiger partial charge in [-0.05, 0) is 24.1 Å². The fraction of sp³-hybridized carbons (Fsp3) is 0.400. The van der Waals surface area contributed by atoms with E-state index < -0.39 is 0 Å². The van der Waals surface area contributed by atoms with Gasteiger partial charge in [-0.15, -0.1) is 35.0 Å². The van der Waals surface area contributed by atoms with Crippen LogP contribution in [0.15, 0.2) is 23.1 Å². The molecule has 0 unspecified atom stereocenters. The molecule has 72 valence electrons. The molecule has 0 bridgehead atoms. The lowest BCUT2D eigenvalue weighted by Gasteiger charge is -2.07. The monoisotopic (exact) mass is 234 g/mol. The third-order valence-corrected chi connectivity index (χ3v) is 3.74. The summed E-state index contributed by atoms with van der Waals surface area (Å²) >= 11 is 13.2. The third kappa shape index (κ3) is 3.08. The lowest BCUT2D eigenvalue weighted by Crippen LogP contribution is -1.89. The van der Waals surface area contributed by atoms with Crippen LogP contribution in [0.25, 0.3) is 0 Å². The van der Waals surface area contributed by atoms with E-state index in [-0.39, 0.29) is 0 Å². The lowest BCUT2D eigenvalue weighted by molar-refractivity contribution is 1.21. The second kappa shape index (κ2) is 5.79. The Balaban J connectivity index is 2.81. The van der Waals surface area contributed by atoms with E-state index in [0.29, 0.717) is 11.8 Å². The van der Waals surface area contributed by atoms with Crippen LogP contribution < -0.4 is 0 Å². The van der Waals surface area contributed by atoms with Crippen molar-refractivity contribution in [1.29, 1.82) is 0 Å². The van der Waals surface area contributed by atoms with Gasteiger partial charge in [-0.3, -0.25) is 0 Å². The highest BCUT2D eigenvalue weighted by molar-refractivity contribution is 7.99. The molecule has 1 aromatic carbocycles. The predicted molar refractivity (Wildman–Crippen MR) is 62.2 cm³/mol. The van der Waals surface area contributed by atoms with Gasteiger partial charge in [0, 0.05) is 22.4 Å². The summed E-state index contributed by atoms with van der Waals surface area (Å²) in [5.74, 6) is 2.23. The molecule has 1 aromatic rings. The van der Waals surface area contributed by atoms with Crippen molar-refractivity contribution >= 4 is 35.0 Å². The number of rotatable bonds is 4. The zero-order valence-corrected chi connectivity index (χ0v) is 9.85. The minimum Gasteiger partial charge on any atom is -0.126 e. The summed E-state index contributed by atoms with van der Waals surface area (Å²) in [6.45, 7) is 2.11. The first-order valence-electron chi connectivity index (χ1n) is 4.12. The van der Waals surface area contributed by atoms with Crippen LogP contribution in [0.4, 0.5) is 0 Å². The molecule has 0 saturated heterocycles. The fourth-order valence-corrected chi connectivity index (χ4v) is 2.45. The van der Waals surface area contributed by atoms with Crippen LogP contribution in [0.2, 0.25) is 0 Å². The number of hydrogen-bond donors (Lipinski definition) is 0. The zero-order chi connectivity index (χ0) is 9.68. The van der Waals surface area contributed by atoms with Crippen molar-refractivity contribution in [3.8, 4) is 0 Å². The highest BCUT2D eigenvalue weighted by atomic mass is 35.5. The summed E-state index contributed by atoms with van der Waals surface area (Å²) in [7, 11) is 0. The molecule has 0 heterocycles. The second-order valence-electron chi connectivity index (χ2n) is 2.71. The average molecular weight is 235 g/mol. The van der Waals surface area contributed by atoms with Crippen molar-refractivity contribution < 1.29 is 0 Å². The minimum atomic E-state index is 0.584. The molecule has 1 rings (SSSR count). The summed E-state index contributed by atoms with van der Waals surface area (Å²) in [5.41, 5.74) is 2.49. The van der Waals surface area contributed by atoms with E-state index in [1.165, 1.54) is 16.0 Å². The van der Waals surface area contributed by atoms with Gasteiger partial charge < -0.3 is 0 Å². The van der Waals surface area contributed by atoms with Crippen LogP contribution in [0.1, 0.15) is 11.1 Å². The molecule has 0 aliphatic heterocycles. The second-order valence-corrected chi connectivity index (χ2v) is 4.49. The maximum Gasteiger partial charge on any atom is 0.0477 e. The van der Waals surface area contributed by atoms with Gasteiger partial charge in [0.1, 0.15) is 0 Å². The summed E-state index contributed by atoms with van der Waals surface area (Å²) in [4.78, 5) is 1.29. The molecule has 0 aliphatic carbocycles. The van der Waals surface area contributed by atoms with Crippen LogP contribution in [-0.2, 0) is 5.88 Å². The van der Waals surface area contributed by atoms with E-state index >= 15 is 0 Å². The number of alkyl halides is 2. The SMILES string of the molecule is Cc1c(CCl)cccc1SCCCl. The molecule has 0 fully saturated rings. The Kier molecular flexibility index (Phi) is 5.00. The summed E-state index contributed by atoms with van der Waals surface area (Å²) < 4.78 is 0. The predicted octanol–water partition coefficient (Wildman–Crippen LogP) is 4.06. The first-order valence-corrected chi connectivity index (χ1v) is 6.18. The van der Waals surface area contributed by atoms with Crippen LogP contribution in [0.5, 0.6) is 0 Å². The highest BCUT2D eigenvalue weighted by Gasteiger charge is 2.02. The Labute approximate surface area is 93.6 Å². The van der Waals surface area contributed by atoms with E-state index in [9.17, 15) is 0 Å². The van der Waals surface area contributed by atoms with Gasteiger partial charge in [-0.1, -0.05) is 12.1 Å². The first-order chi connectivity index (χ1) is 6.29. The molecule has 0 spiro atoms. The number of hydrogen-bond acceptors (Lipinski definition) is 1.